The average molecular weight is 338 g/mol. The van der Waals surface area contributed by atoms with Crippen LogP contribution in [0.15, 0.2) is 12.1 Å². The Labute approximate surface area is 142 Å². The molecule has 7 heteroatoms. The van der Waals surface area contributed by atoms with E-state index in [4.69, 9.17) is 14.2 Å². The molecule has 1 saturated heterocycles. The van der Waals surface area contributed by atoms with Crippen molar-refractivity contribution in [1.82, 2.24) is 5.32 Å². The van der Waals surface area contributed by atoms with Gasteiger partial charge in [0.15, 0.2) is 11.5 Å². The van der Waals surface area contributed by atoms with Crippen LogP contribution in [0.1, 0.15) is 26.3 Å². The molecule has 1 aromatic carbocycles. The monoisotopic (exact) mass is 338 g/mol. The van der Waals surface area contributed by atoms with E-state index in [1.54, 1.807) is 40.0 Å². The fourth-order valence-corrected chi connectivity index (χ4v) is 2.49. The van der Waals surface area contributed by atoms with E-state index < -0.39 is 17.3 Å². The van der Waals surface area contributed by atoms with Gasteiger partial charge in [-0.1, -0.05) is 0 Å². The van der Waals surface area contributed by atoms with Crippen LogP contribution in [0.5, 0.6) is 11.5 Å². The Morgan fingerprint density at radius 3 is 2.29 bits per heavy atom. The molecule has 0 spiro atoms. The summed E-state index contributed by atoms with van der Waals surface area (Å²) >= 11 is 0. The number of amides is 1. The SMILES string of the molecule is COc1cc(CC2(O)CNC2)c(NC(=O)OC(C)(C)C)cc1OC. The van der Waals surface area contributed by atoms with Crippen molar-refractivity contribution in [3.8, 4) is 11.5 Å². The fourth-order valence-electron chi connectivity index (χ4n) is 2.49. The number of aliphatic hydroxyl groups is 1. The van der Waals surface area contributed by atoms with Crippen molar-refractivity contribution in [2.24, 2.45) is 0 Å². The summed E-state index contributed by atoms with van der Waals surface area (Å²) in [6, 6.07) is 3.44. The summed E-state index contributed by atoms with van der Waals surface area (Å²) in [4.78, 5) is 12.1. The highest BCUT2D eigenvalue weighted by Gasteiger charge is 2.35. The van der Waals surface area contributed by atoms with Gasteiger partial charge in [-0.15, -0.1) is 0 Å². The molecule has 1 aliphatic rings. The Morgan fingerprint density at radius 2 is 1.83 bits per heavy atom. The quantitative estimate of drug-likeness (QED) is 0.760. The first-order valence-electron chi connectivity index (χ1n) is 7.84. The van der Waals surface area contributed by atoms with Crippen molar-refractivity contribution in [3.05, 3.63) is 17.7 Å². The number of β-amino-alcohol motifs (C(OH)–C–C–N with tert-alkyl or cyclic N) is 1. The van der Waals surface area contributed by atoms with Crippen LogP contribution >= 0.6 is 0 Å². The minimum atomic E-state index is -0.829. The molecule has 0 saturated carbocycles. The molecule has 0 atom stereocenters. The van der Waals surface area contributed by atoms with Crippen LogP contribution in [-0.4, -0.2) is 49.7 Å². The van der Waals surface area contributed by atoms with Crippen molar-refractivity contribution in [2.45, 2.75) is 38.4 Å². The number of carbonyl (C=O) groups excluding carboxylic acids is 1. The maximum Gasteiger partial charge on any atom is 0.412 e. The van der Waals surface area contributed by atoms with Crippen molar-refractivity contribution < 1.29 is 24.1 Å². The van der Waals surface area contributed by atoms with Gasteiger partial charge >= 0.3 is 6.09 Å². The summed E-state index contributed by atoms with van der Waals surface area (Å²) in [6.45, 7) is 6.40. The molecule has 2 rings (SSSR count). The second-order valence-electron chi connectivity index (χ2n) is 7.00. The molecule has 1 aromatic rings. The summed E-state index contributed by atoms with van der Waals surface area (Å²) in [5.74, 6) is 1.03. The number of benzene rings is 1. The van der Waals surface area contributed by atoms with Crippen molar-refractivity contribution >= 4 is 11.8 Å². The molecule has 134 valence electrons. The van der Waals surface area contributed by atoms with Crippen LogP contribution in [0, 0.1) is 0 Å². The van der Waals surface area contributed by atoms with E-state index in [0.29, 0.717) is 36.7 Å². The molecule has 0 aromatic heterocycles. The Balaban J connectivity index is 2.30. The van der Waals surface area contributed by atoms with Crippen LogP contribution in [0.25, 0.3) is 0 Å². The van der Waals surface area contributed by atoms with E-state index in [0.717, 1.165) is 5.56 Å². The lowest BCUT2D eigenvalue weighted by atomic mass is 9.88. The lowest BCUT2D eigenvalue weighted by molar-refractivity contribution is -0.00897. The molecule has 7 nitrogen and oxygen atoms in total. The number of carbonyl (C=O) groups is 1. The highest BCUT2D eigenvalue weighted by molar-refractivity contribution is 5.86. The largest absolute Gasteiger partial charge is 0.493 e. The van der Waals surface area contributed by atoms with Gasteiger partial charge in [0.25, 0.3) is 0 Å². The summed E-state index contributed by atoms with van der Waals surface area (Å²) in [6.07, 6.45) is -0.180. The number of ether oxygens (including phenoxy) is 3. The highest BCUT2D eigenvalue weighted by Crippen LogP contribution is 2.35. The number of rotatable bonds is 5. The van der Waals surface area contributed by atoms with E-state index in [1.807, 2.05) is 0 Å². The van der Waals surface area contributed by atoms with Crippen LogP contribution in [-0.2, 0) is 11.2 Å². The first kappa shape index (κ1) is 18.4. The zero-order chi connectivity index (χ0) is 18.0. The van der Waals surface area contributed by atoms with Crippen LogP contribution in [0.3, 0.4) is 0 Å². The molecular weight excluding hydrogens is 312 g/mol. The van der Waals surface area contributed by atoms with Gasteiger partial charge in [0.05, 0.1) is 25.5 Å². The van der Waals surface area contributed by atoms with Gasteiger partial charge in [-0.25, -0.2) is 4.79 Å². The molecule has 1 amide bonds. The van der Waals surface area contributed by atoms with Gasteiger partial charge in [-0.05, 0) is 32.4 Å². The summed E-state index contributed by atoms with van der Waals surface area (Å²) in [5.41, 5.74) is -0.148. The zero-order valence-electron chi connectivity index (χ0n) is 14.9. The molecule has 1 aliphatic heterocycles. The first-order valence-corrected chi connectivity index (χ1v) is 7.84. The standard InChI is InChI=1S/C17H26N2O5/c1-16(2,3)24-15(20)19-12-7-14(23-5)13(22-4)6-11(12)8-17(21)9-18-10-17/h6-7,18,21H,8-10H2,1-5H3,(H,19,20). The predicted octanol–water partition coefficient (Wildman–Crippen LogP) is 1.93. The minimum absolute atomic E-state index is 0.380. The highest BCUT2D eigenvalue weighted by atomic mass is 16.6. The second-order valence-corrected chi connectivity index (χ2v) is 7.00. The van der Waals surface area contributed by atoms with E-state index in [9.17, 15) is 9.90 Å². The van der Waals surface area contributed by atoms with Gasteiger partial charge < -0.3 is 24.6 Å². The van der Waals surface area contributed by atoms with Crippen LogP contribution < -0.4 is 20.1 Å². The van der Waals surface area contributed by atoms with Crippen molar-refractivity contribution in [2.75, 3.05) is 32.6 Å². The average Bonchev–Trinajstić information content (AvgIpc) is 2.44. The molecular formula is C17H26N2O5. The van der Waals surface area contributed by atoms with E-state index >= 15 is 0 Å². The molecule has 24 heavy (non-hydrogen) atoms. The van der Waals surface area contributed by atoms with E-state index in [2.05, 4.69) is 10.6 Å². The number of methoxy groups -OCH3 is 2. The minimum Gasteiger partial charge on any atom is -0.493 e. The van der Waals surface area contributed by atoms with Gasteiger partial charge in [-0.2, -0.15) is 0 Å². The molecule has 1 heterocycles. The Hall–Kier alpha value is -1.99. The third-order valence-electron chi connectivity index (χ3n) is 3.67. The van der Waals surface area contributed by atoms with Crippen molar-refractivity contribution in [1.29, 1.82) is 0 Å². The maximum atomic E-state index is 12.1. The molecule has 3 N–H and O–H groups in total. The second kappa shape index (κ2) is 6.86. The number of nitrogens with one attached hydrogen (secondary N) is 2. The number of anilines is 1. The van der Waals surface area contributed by atoms with Gasteiger partial charge in [0.2, 0.25) is 0 Å². The summed E-state index contributed by atoms with van der Waals surface area (Å²) in [7, 11) is 3.07. The molecule has 0 radical (unpaired) electrons. The molecule has 0 unspecified atom stereocenters. The van der Waals surface area contributed by atoms with Crippen molar-refractivity contribution in [3.63, 3.8) is 0 Å². The summed E-state index contributed by atoms with van der Waals surface area (Å²) in [5, 5.41) is 16.2. The van der Waals surface area contributed by atoms with Gasteiger partial charge in [0, 0.05) is 25.6 Å². The van der Waals surface area contributed by atoms with E-state index in [1.165, 1.54) is 7.11 Å². The van der Waals surface area contributed by atoms with Gasteiger partial charge in [-0.3, -0.25) is 5.32 Å². The third-order valence-corrected chi connectivity index (χ3v) is 3.67. The lowest BCUT2D eigenvalue weighted by Crippen LogP contribution is -2.60. The third kappa shape index (κ3) is 4.52. The molecule has 0 aliphatic carbocycles. The fraction of sp³-hybridized carbons (Fsp3) is 0.588. The Morgan fingerprint density at radius 1 is 1.25 bits per heavy atom. The molecule has 0 bridgehead atoms. The normalized spacial score (nSPS) is 16.1. The predicted molar refractivity (Wildman–Crippen MR) is 90.9 cm³/mol. The van der Waals surface area contributed by atoms with Crippen LogP contribution in [0.4, 0.5) is 10.5 Å². The number of hydrogen-bond donors (Lipinski definition) is 3. The number of hydrogen-bond acceptors (Lipinski definition) is 6. The van der Waals surface area contributed by atoms with Gasteiger partial charge in [0.1, 0.15) is 5.60 Å². The Kier molecular flexibility index (Phi) is 5.25. The summed E-state index contributed by atoms with van der Waals surface area (Å²) < 4.78 is 15.9. The molecule has 1 fully saturated rings. The maximum absolute atomic E-state index is 12.1. The van der Waals surface area contributed by atoms with Crippen LogP contribution in [0.2, 0.25) is 0 Å². The lowest BCUT2D eigenvalue weighted by Gasteiger charge is -2.38. The Bertz CT molecular complexity index is 606. The first-order chi connectivity index (χ1) is 11.2. The topological polar surface area (TPSA) is 89.1 Å². The smallest absolute Gasteiger partial charge is 0.412 e. The van der Waals surface area contributed by atoms with E-state index in [-0.39, 0.29) is 0 Å². The zero-order valence-corrected chi connectivity index (χ0v) is 14.9.